The molecule has 1 heterocycles. The second kappa shape index (κ2) is 9.31. The van der Waals surface area contributed by atoms with Gasteiger partial charge in [0.05, 0.1) is 10.6 Å². The van der Waals surface area contributed by atoms with Crippen molar-refractivity contribution in [3.63, 3.8) is 0 Å². The molecule has 0 aliphatic rings. The molecule has 0 fully saturated rings. The highest BCUT2D eigenvalue weighted by atomic mass is 32.2. The molecule has 0 radical (unpaired) electrons. The Morgan fingerprint density at radius 3 is 1.74 bits per heavy atom. The third-order valence-corrected chi connectivity index (χ3v) is 7.47. The van der Waals surface area contributed by atoms with Crippen LogP contribution in [0.4, 0.5) is 0 Å². The van der Waals surface area contributed by atoms with Crippen molar-refractivity contribution in [3.8, 4) is 22.3 Å². The zero-order valence-electron chi connectivity index (χ0n) is 19.7. The molecule has 3 aromatic carbocycles. The maximum absolute atomic E-state index is 13.8. The maximum atomic E-state index is 13.8. The Balaban J connectivity index is 2.03. The number of esters is 1. The summed E-state index contributed by atoms with van der Waals surface area (Å²) in [6.45, 7) is 7.05. The van der Waals surface area contributed by atoms with Crippen LogP contribution in [0.3, 0.4) is 0 Å². The summed E-state index contributed by atoms with van der Waals surface area (Å²) in [5, 5.41) is 0. The summed E-state index contributed by atoms with van der Waals surface area (Å²) in [6, 6.07) is 22.5. The van der Waals surface area contributed by atoms with E-state index < -0.39 is 16.0 Å². The SMILES string of the molecule is CC(=O)OCc1c(-c2ccc(C)cc2)c(-c2ccc(C)cc2)cn1S(=O)(=O)c1ccc(C)cc1. The summed E-state index contributed by atoms with van der Waals surface area (Å²) in [5.74, 6) is -0.479. The summed E-state index contributed by atoms with van der Waals surface area (Å²) in [6.07, 6.45) is 1.63. The van der Waals surface area contributed by atoms with Gasteiger partial charge in [0.25, 0.3) is 10.0 Å². The Hall–Kier alpha value is -3.64. The molecule has 4 rings (SSSR count). The molecule has 0 saturated carbocycles. The molecule has 4 aromatic rings. The molecule has 0 atom stereocenters. The Kier molecular flexibility index (Phi) is 6.44. The fourth-order valence-corrected chi connectivity index (χ4v) is 5.25. The first-order valence-electron chi connectivity index (χ1n) is 11.0. The highest BCUT2D eigenvalue weighted by molar-refractivity contribution is 7.90. The molecule has 0 unspecified atom stereocenters. The molecule has 0 saturated heterocycles. The number of rotatable bonds is 6. The summed E-state index contributed by atoms with van der Waals surface area (Å²) >= 11 is 0. The summed E-state index contributed by atoms with van der Waals surface area (Å²) < 4.78 is 34.1. The van der Waals surface area contributed by atoms with E-state index in [0.717, 1.165) is 38.9 Å². The van der Waals surface area contributed by atoms with Crippen LogP contribution in [0.25, 0.3) is 22.3 Å². The Labute approximate surface area is 200 Å². The van der Waals surface area contributed by atoms with Crippen molar-refractivity contribution in [2.75, 3.05) is 0 Å². The summed E-state index contributed by atoms with van der Waals surface area (Å²) in [7, 11) is -3.94. The van der Waals surface area contributed by atoms with E-state index in [0.29, 0.717) is 5.69 Å². The van der Waals surface area contributed by atoms with Gasteiger partial charge in [0, 0.05) is 24.2 Å². The predicted molar refractivity (Wildman–Crippen MR) is 134 cm³/mol. The monoisotopic (exact) mass is 473 g/mol. The van der Waals surface area contributed by atoms with E-state index in [9.17, 15) is 13.2 Å². The van der Waals surface area contributed by atoms with Crippen molar-refractivity contribution in [2.45, 2.75) is 39.2 Å². The Morgan fingerprint density at radius 2 is 1.24 bits per heavy atom. The van der Waals surface area contributed by atoms with E-state index >= 15 is 0 Å². The number of aryl methyl sites for hydroxylation is 3. The predicted octanol–water partition coefficient (Wildman–Crippen LogP) is 6.05. The van der Waals surface area contributed by atoms with Crippen molar-refractivity contribution < 1.29 is 17.9 Å². The molecule has 0 bridgehead atoms. The van der Waals surface area contributed by atoms with E-state index in [2.05, 4.69) is 0 Å². The molecule has 0 N–H and O–H groups in total. The van der Waals surface area contributed by atoms with Crippen LogP contribution in [-0.2, 0) is 26.2 Å². The van der Waals surface area contributed by atoms with Gasteiger partial charge in [0.15, 0.2) is 0 Å². The number of carbonyl (C=O) groups excluding carboxylic acids is 1. The molecule has 5 nitrogen and oxygen atoms in total. The van der Waals surface area contributed by atoms with E-state index in [4.69, 9.17) is 4.74 Å². The number of ether oxygens (including phenoxy) is 1. The molecule has 0 spiro atoms. The third kappa shape index (κ3) is 4.68. The van der Waals surface area contributed by atoms with Crippen LogP contribution in [0.15, 0.2) is 83.9 Å². The van der Waals surface area contributed by atoms with Gasteiger partial charge in [0.2, 0.25) is 0 Å². The number of aromatic nitrogens is 1. The highest BCUT2D eigenvalue weighted by Crippen LogP contribution is 2.39. The van der Waals surface area contributed by atoms with Crippen molar-refractivity contribution >= 4 is 16.0 Å². The van der Waals surface area contributed by atoms with Crippen molar-refractivity contribution in [1.82, 2.24) is 3.97 Å². The Bertz CT molecular complexity index is 1430. The average Bonchev–Trinajstić information content (AvgIpc) is 3.19. The summed E-state index contributed by atoms with van der Waals surface area (Å²) in [5.41, 5.74) is 6.76. The van der Waals surface area contributed by atoms with Gasteiger partial charge in [-0.25, -0.2) is 12.4 Å². The minimum absolute atomic E-state index is 0.170. The average molecular weight is 474 g/mol. The van der Waals surface area contributed by atoms with Gasteiger partial charge in [-0.05, 0) is 44.0 Å². The van der Waals surface area contributed by atoms with E-state index in [-0.39, 0.29) is 11.5 Å². The van der Waals surface area contributed by atoms with Gasteiger partial charge in [-0.15, -0.1) is 0 Å². The van der Waals surface area contributed by atoms with Crippen LogP contribution in [0, 0.1) is 20.8 Å². The standard InChI is InChI=1S/C28H27NO4S/c1-19-5-11-23(12-6-19)26-17-29(34(31,32)25-15-9-21(3)10-16-25)27(18-33-22(4)30)28(26)24-13-7-20(2)8-14-24/h5-17H,18H2,1-4H3. The molecule has 34 heavy (non-hydrogen) atoms. The lowest BCUT2D eigenvalue weighted by atomic mass is 9.96. The third-order valence-electron chi connectivity index (χ3n) is 5.76. The molecule has 6 heteroatoms. The van der Waals surface area contributed by atoms with Crippen molar-refractivity contribution in [1.29, 1.82) is 0 Å². The van der Waals surface area contributed by atoms with Gasteiger partial charge in [0.1, 0.15) is 6.61 Å². The molecule has 0 amide bonds. The highest BCUT2D eigenvalue weighted by Gasteiger charge is 2.27. The van der Waals surface area contributed by atoms with E-state index in [1.807, 2.05) is 69.3 Å². The maximum Gasteiger partial charge on any atom is 0.303 e. The van der Waals surface area contributed by atoms with Crippen LogP contribution < -0.4 is 0 Å². The van der Waals surface area contributed by atoms with Gasteiger partial charge < -0.3 is 4.74 Å². The van der Waals surface area contributed by atoms with Crippen LogP contribution >= 0.6 is 0 Å². The fraction of sp³-hybridized carbons (Fsp3) is 0.179. The van der Waals surface area contributed by atoms with Gasteiger partial charge in [-0.2, -0.15) is 0 Å². The second-order valence-corrected chi connectivity index (χ2v) is 10.3. The number of hydrogen-bond acceptors (Lipinski definition) is 4. The largest absolute Gasteiger partial charge is 0.459 e. The lowest BCUT2D eigenvalue weighted by Crippen LogP contribution is -2.16. The lowest BCUT2D eigenvalue weighted by molar-refractivity contribution is -0.142. The van der Waals surface area contributed by atoms with Gasteiger partial charge >= 0.3 is 5.97 Å². The zero-order valence-corrected chi connectivity index (χ0v) is 20.5. The lowest BCUT2D eigenvalue weighted by Gasteiger charge is -2.13. The number of hydrogen-bond donors (Lipinski definition) is 0. The topological polar surface area (TPSA) is 65.4 Å². The zero-order chi connectivity index (χ0) is 24.5. The minimum Gasteiger partial charge on any atom is -0.459 e. The van der Waals surface area contributed by atoms with Crippen molar-refractivity contribution in [2.24, 2.45) is 0 Å². The van der Waals surface area contributed by atoms with Crippen LogP contribution in [0.1, 0.15) is 29.3 Å². The summed E-state index contributed by atoms with van der Waals surface area (Å²) in [4.78, 5) is 11.9. The van der Waals surface area contributed by atoms with E-state index in [1.165, 1.54) is 10.9 Å². The molecule has 1 aromatic heterocycles. The quantitative estimate of drug-likeness (QED) is 0.320. The number of benzene rings is 3. The molecular weight excluding hydrogens is 446 g/mol. The fourth-order valence-electron chi connectivity index (χ4n) is 3.86. The molecular formula is C28H27NO4S. The van der Waals surface area contributed by atoms with Crippen LogP contribution in [0.2, 0.25) is 0 Å². The first-order chi connectivity index (χ1) is 16.2. The van der Waals surface area contributed by atoms with E-state index in [1.54, 1.807) is 30.5 Å². The molecule has 0 aliphatic heterocycles. The first-order valence-corrected chi connectivity index (χ1v) is 12.4. The second-order valence-electron chi connectivity index (χ2n) is 8.49. The van der Waals surface area contributed by atoms with Gasteiger partial charge in [-0.1, -0.05) is 77.4 Å². The van der Waals surface area contributed by atoms with Crippen LogP contribution in [-0.4, -0.2) is 18.4 Å². The molecule has 174 valence electrons. The Morgan fingerprint density at radius 1 is 0.765 bits per heavy atom. The minimum atomic E-state index is -3.94. The molecule has 0 aliphatic carbocycles. The smallest absolute Gasteiger partial charge is 0.303 e. The van der Waals surface area contributed by atoms with Gasteiger partial charge in [-0.3, -0.25) is 4.79 Å². The normalized spacial score (nSPS) is 11.4. The van der Waals surface area contributed by atoms with Crippen molar-refractivity contribution in [3.05, 3.63) is 101 Å². The number of nitrogens with zero attached hydrogens (tertiary/aromatic N) is 1. The number of carbonyl (C=O) groups is 1. The van der Waals surface area contributed by atoms with Crippen LogP contribution in [0.5, 0.6) is 0 Å². The first kappa shape index (κ1) is 23.5.